The van der Waals surface area contributed by atoms with E-state index in [0.717, 1.165) is 12.8 Å². The monoisotopic (exact) mass is 220 g/mol. The van der Waals surface area contributed by atoms with Crippen LogP contribution in [0.25, 0.3) is 0 Å². The molecule has 0 spiro atoms. The van der Waals surface area contributed by atoms with Gasteiger partial charge in [0.1, 0.15) is 0 Å². The van der Waals surface area contributed by atoms with Crippen molar-refractivity contribution in [2.45, 2.75) is 19.4 Å². The third-order valence-corrected chi connectivity index (χ3v) is 2.21. The molecule has 1 N–H and O–H groups in total. The van der Waals surface area contributed by atoms with E-state index < -0.39 is 0 Å². The molecule has 0 aliphatic heterocycles. The first-order valence-corrected chi connectivity index (χ1v) is 5.30. The van der Waals surface area contributed by atoms with Gasteiger partial charge in [-0.3, -0.25) is 9.59 Å². The van der Waals surface area contributed by atoms with E-state index in [2.05, 4.69) is 11.9 Å². The minimum atomic E-state index is -0.156. The number of hydrogen-bond donors (Lipinski definition) is 1. The fraction of sp³-hybridized carbons (Fsp3) is 0.333. The van der Waals surface area contributed by atoms with Gasteiger partial charge in [0.2, 0.25) is 11.5 Å². The number of pyridine rings is 1. The standard InChI is InChI=1S/C12H16N2O2/c1-2-11(15)13-8-4-6-10-14-9-5-3-7-12(14)16/h2-3,5,7,9H,1,4,6,8,10H2,(H,13,15). The summed E-state index contributed by atoms with van der Waals surface area (Å²) in [5.41, 5.74) is 0.0117. The van der Waals surface area contributed by atoms with Crippen LogP contribution in [0.5, 0.6) is 0 Å². The highest BCUT2D eigenvalue weighted by molar-refractivity contribution is 5.86. The molecular weight excluding hydrogens is 204 g/mol. The molecule has 1 aromatic rings. The molecule has 86 valence electrons. The Kier molecular flexibility index (Phi) is 5.05. The Bertz CT molecular complexity index is 409. The van der Waals surface area contributed by atoms with Crippen LogP contribution >= 0.6 is 0 Å². The lowest BCUT2D eigenvalue weighted by Crippen LogP contribution is -2.23. The van der Waals surface area contributed by atoms with Gasteiger partial charge in [-0.25, -0.2) is 0 Å². The largest absolute Gasteiger partial charge is 0.353 e. The van der Waals surface area contributed by atoms with E-state index >= 15 is 0 Å². The molecule has 0 saturated carbocycles. The first-order valence-electron chi connectivity index (χ1n) is 5.30. The smallest absolute Gasteiger partial charge is 0.250 e. The maximum Gasteiger partial charge on any atom is 0.250 e. The van der Waals surface area contributed by atoms with Crippen LogP contribution < -0.4 is 10.9 Å². The molecule has 0 aromatic carbocycles. The second kappa shape index (κ2) is 6.61. The van der Waals surface area contributed by atoms with Gasteiger partial charge in [0, 0.05) is 25.4 Å². The van der Waals surface area contributed by atoms with Crippen molar-refractivity contribution in [3.05, 3.63) is 47.4 Å². The minimum Gasteiger partial charge on any atom is -0.353 e. The lowest BCUT2D eigenvalue weighted by molar-refractivity contribution is -0.116. The van der Waals surface area contributed by atoms with Gasteiger partial charge in [0.15, 0.2) is 0 Å². The van der Waals surface area contributed by atoms with Gasteiger partial charge in [0.05, 0.1) is 0 Å². The Morgan fingerprint density at radius 3 is 2.94 bits per heavy atom. The van der Waals surface area contributed by atoms with Crippen molar-refractivity contribution < 1.29 is 4.79 Å². The van der Waals surface area contributed by atoms with E-state index in [1.54, 1.807) is 22.9 Å². The van der Waals surface area contributed by atoms with Crippen molar-refractivity contribution >= 4 is 5.91 Å². The number of rotatable bonds is 6. The number of unbranched alkanes of at least 4 members (excludes halogenated alkanes) is 1. The van der Waals surface area contributed by atoms with Gasteiger partial charge in [-0.15, -0.1) is 0 Å². The SMILES string of the molecule is C=CC(=O)NCCCCn1ccccc1=O. The van der Waals surface area contributed by atoms with Gasteiger partial charge in [-0.2, -0.15) is 0 Å². The number of aromatic nitrogens is 1. The maximum atomic E-state index is 11.3. The molecule has 1 heterocycles. The van der Waals surface area contributed by atoms with Crippen molar-refractivity contribution in [2.24, 2.45) is 0 Å². The third-order valence-electron chi connectivity index (χ3n) is 2.21. The van der Waals surface area contributed by atoms with Crippen LogP contribution in [0.4, 0.5) is 0 Å². The first kappa shape index (κ1) is 12.2. The van der Waals surface area contributed by atoms with Crippen LogP contribution in [0.15, 0.2) is 41.8 Å². The van der Waals surface area contributed by atoms with Crippen molar-refractivity contribution in [2.75, 3.05) is 6.54 Å². The summed E-state index contributed by atoms with van der Waals surface area (Å²) in [7, 11) is 0. The predicted molar refractivity (Wildman–Crippen MR) is 63.1 cm³/mol. The molecule has 0 bridgehead atoms. The third kappa shape index (κ3) is 4.13. The summed E-state index contributed by atoms with van der Waals surface area (Å²) < 4.78 is 1.66. The van der Waals surface area contributed by atoms with E-state index in [1.165, 1.54) is 6.08 Å². The Hall–Kier alpha value is -1.84. The zero-order valence-electron chi connectivity index (χ0n) is 9.19. The molecule has 1 amide bonds. The highest BCUT2D eigenvalue weighted by Crippen LogP contribution is 1.91. The first-order chi connectivity index (χ1) is 7.74. The Labute approximate surface area is 94.6 Å². The van der Waals surface area contributed by atoms with Crippen molar-refractivity contribution in [1.29, 1.82) is 0 Å². The molecule has 4 nitrogen and oxygen atoms in total. The second-order valence-electron chi connectivity index (χ2n) is 3.43. The van der Waals surface area contributed by atoms with E-state index in [4.69, 9.17) is 0 Å². The van der Waals surface area contributed by atoms with Crippen molar-refractivity contribution in [3.63, 3.8) is 0 Å². The summed E-state index contributed by atoms with van der Waals surface area (Å²) in [5.74, 6) is -0.156. The highest BCUT2D eigenvalue weighted by atomic mass is 16.1. The number of nitrogens with one attached hydrogen (secondary N) is 1. The van der Waals surface area contributed by atoms with Crippen LogP contribution in [0.3, 0.4) is 0 Å². The Morgan fingerprint density at radius 2 is 2.25 bits per heavy atom. The topological polar surface area (TPSA) is 51.1 Å². The van der Waals surface area contributed by atoms with Crippen LogP contribution in [0.2, 0.25) is 0 Å². The molecule has 0 aliphatic carbocycles. The van der Waals surface area contributed by atoms with Crippen LogP contribution in [-0.2, 0) is 11.3 Å². The predicted octanol–water partition coefficient (Wildman–Crippen LogP) is 0.931. The van der Waals surface area contributed by atoms with Gasteiger partial charge in [-0.05, 0) is 25.0 Å². The normalized spacial score (nSPS) is 9.75. The lowest BCUT2D eigenvalue weighted by atomic mass is 10.3. The number of nitrogens with zero attached hydrogens (tertiary/aromatic N) is 1. The summed E-state index contributed by atoms with van der Waals surface area (Å²) in [6.07, 6.45) is 4.73. The average Bonchev–Trinajstić information content (AvgIpc) is 2.30. The zero-order valence-corrected chi connectivity index (χ0v) is 9.19. The number of aryl methyl sites for hydroxylation is 1. The highest BCUT2D eigenvalue weighted by Gasteiger charge is 1.95. The van der Waals surface area contributed by atoms with Gasteiger partial charge >= 0.3 is 0 Å². The summed E-state index contributed by atoms with van der Waals surface area (Å²) in [6.45, 7) is 4.66. The van der Waals surface area contributed by atoms with Gasteiger partial charge < -0.3 is 9.88 Å². The number of hydrogen-bond acceptors (Lipinski definition) is 2. The average molecular weight is 220 g/mol. The fourth-order valence-electron chi connectivity index (χ4n) is 1.34. The van der Waals surface area contributed by atoms with E-state index in [1.807, 2.05) is 6.07 Å². The molecule has 0 unspecified atom stereocenters. The summed E-state index contributed by atoms with van der Waals surface area (Å²) in [6, 6.07) is 5.10. The molecular formula is C12H16N2O2. The van der Waals surface area contributed by atoms with Gasteiger partial charge in [-0.1, -0.05) is 12.6 Å². The molecule has 0 radical (unpaired) electrons. The molecule has 1 aromatic heterocycles. The molecule has 4 heteroatoms. The fourth-order valence-corrected chi connectivity index (χ4v) is 1.34. The van der Waals surface area contributed by atoms with Crippen molar-refractivity contribution in [3.8, 4) is 0 Å². The molecule has 0 atom stereocenters. The van der Waals surface area contributed by atoms with E-state index in [9.17, 15) is 9.59 Å². The Balaban J connectivity index is 2.21. The Morgan fingerprint density at radius 1 is 1.44 bits per heavy atom. The lowest BCUT2D eigenvalue weighted by Gasteiger charge is -2.05. The number of carbonyl (C=O) groups is 1. The summed E-state index contributed by atoms with van der Waals surface area (Å²) in [5, 5.41) is 2.69. The minimum absolute atomic E-state index is 0.0117. The summed E-state index contributed by atoms with van der Waals surface area (Å²) in [4.78, 5) is 22.1. The maximum absolute atomic E-state index is 11.3. The molecule has 0 fully saturated rings. The van der Waals surface area contributed by atoms with Crippen LogP contribution in [0.1, 0.15) is 12.8 Å². The summed E-state index contributed by atoms with van der Waals surface area (Å²) >= 11 is 0. The number of carbonyl (C=O) groups excluding carboxylic acids is 1. The van der Waals surface area contributed by atoms with E-state index in [-0.39, 0.29) is 11.5 Å². The molecule has 0 aliphatic rings. The zero-order chi connectivity index (χ0) is 11.8. The molecule has 0 saturated heterocycles. The van der Waals surface area contributed by atoms with Crippen molar-refractivity contribution in [1.82, 2.24) is 9.88 Å². The van der Waals surface area contributed by atoms with Gasteiger partial charge in [0.25, 0.3) is 0 Å². The number of amides is 1. The quantitative estimate of drug-likeness (QED) is 0.572. The van der Waals surface area contributed by atoms with Crippen LogP contribution in [0, 0.1) is 0 Å². The van der Waals surface area contributed by atoms with E-state index in [0.29, 0.717) is 13.1 Å². The second-order valence-corrected chi connectivity index (χ2v) is 3.43. The molecule has 1 rings (SSSR count). The van der Waals surface area contributed by atoms with Crippen LogP contribution in [-0.4, -0.2) is 17.0 Å². The molecule has 16 heavy (non-hydrogen) atoms.